The van der Waals surface area contributed by atoms with Crippen LogP contribution in [0.5, 0.6) is 0 Å². The zero-order valence-corrected chi connectivity index (χ0v) is 12.2. The number of carboxylic acid groups (broad SMARTS) is 2. The first-order valence-electron chi connectivity index (χ1n) is 6.72. The van der Waals surface area contributed by atoms with E-state index in [0.29, 0.717) is 0 Å². The van der Waals surface area contributed by atoms with Gasteiger partial charge in [-0.15, -0.1) is 0 Å². The zero-order chi connectivity index (χ0) is 16.2. The van der Waals surface area contributed by atoms with Gasteiger partial charge >= 0.3 is 18.0 Å². The van der Waals surface area contributed by atoms with E-state index < -0.39 is 29.4 Å². The monoisotopic (exact) mass is 300 g/mol. The van der Waals surface area contributed by atoms with E-state index in [1.54, 1.807) is 0 Å². The Bertz CT molecular complexity index is 442. The van der Waals surface area contributed by atoms with Crippen LogP contribution >= 0.6 is 0 Å². The third-order valence-electron chi connectivity index (χ3n) is 3.88. The number of imide groups is 1. The number of carbonyl (C=O) groups is 4. The Morgan fingerprint density at radius 1 is 1.00 bits per heavy atom. The lowest BCUT2D eigenvalue weighted by atomic mass is 9.85. The Hall–Kier alpha value is -2.12. The minimum absolute atomic E-state index is 0.0975. The molecule has 3 amide bonds. The van der Waals surface area contributed by atoms with Gasteiger partial charge in [-0.25, -0.2) is 4.79 Å². The van der Waals surface area contributed by atoms with Gasteiger partial charge in [-0.05, 0) is 25.7 Å². The summed E-state index contributed by atoms with van der Waals surface area (Å²) in [5, 5.41) is 17.4. The molecule has 1 saturated heterocycles. The van der Waals surface area contributed by atoms with Gasteiger partial charge in [0.2, 0.25) is 0 Å². The van der Waals surface area contributed by atoms with Crippen molar-refractivity contribution < 1.29 is 29.4 Å². The summed E-state index contributed by atoms with van der Waals surface area (Å²) in [6.07, 6.45) is 0.729. The van der Waals surface area contributed by atoms with E-state index in [0.717, 1.165) is 4.90 Å². The summed E-state index contributed by atoms with van der Waals surface area (Å²) in [6, 6.07) is -0.453. The number of aliphatic carboxylic acids is 2. The van der Waals surface area contributed by atoms with Crippen LogP contribution in [0, 0.1) is 0 Å². The van der Waals surface area contributed by atoms with Gasteiger partial charge in [0.1, 0.15) is 5.54 Å². The topological polar surface area (TPSA) is 115 Å². The standard InChI is InChI=1S/C13H20N2O6/c1-14-11(20)13(15(2)12(14)21,7-3-5-9(16)17)8-4-6-10(18)19/h3-8H2,1-2H3,(H,16,17)(H,18,19). The Morgan fingerprint density at radius 2 is 1.43 bits per heavy atom. The second kappa shape index (κ2) is 6.55. The maximum atomic E-state index is 12.4. The maximum absolute atomic E-state index is 12.4. The van der Waals surface area contributed by atoms with Crippen LogP contribution in [0.15, 0.2) is 0 Å². The highest BCUT2D eigenvalue weighted by atomic mass is 16.4. The van der Waals surface area contributed by atoms with E-state index in [4.69, 9.17) is 10.2 Å². The van der Waals surface area contributed by atoms with Crippen molar-refractivity contribution >= 4 is 23.9 Å². The molecule has 0 aromatic heterocycles. The summed E-state index contributed by atoms with van der Waals surface area (Å²) in [5.41, 5.74) is -1.13. The minimum Gasteiger partial charge on any atom is -0.481 e. The highest BCUT2D eigenvalue weighted by Gasteiger charge is 2.53. The van der Waals surface area contributed by atoms with Gasteiger partial charge in [0.05, 0.1) is 0 Å². The van der Waals surface area contributed by atoms with Crippen LogP contribution in [0.3, 0.4) is 0 Å². The summed E-state index contributed by atoms with van der Waals surface area (Å²) >= 11 is 0. The van der Waals surface area contributed by atoms with Crippen LogP contribution in [0.4, 0.5) is 4.79 Å². The Balaban J connectivity index is 2.88. The van der Waals surface area contributed by atoms with Gasteiger partial charge in [0.25, 0.3) is 5.91 Å². The second-order valence-corrected chi connectivity index (χ2v) is 5.23. The lowest BCUT2D eigenvalue weighted by molar-refractivity contribution is -0.138. The highest BCUT2D eigenvalue weighted by molar-refractivity contribution is 6.06. The fourth-order valence-corrected chi connectivity index (χ4v) is 2.69. The lowest BCUT2D eigenvalue weighted by Gasteiger charge is -2.32. The van der Waals surface area contributed by atoms with Crippen molar-refractivity contribution in [2.24, 2.45) is 0 Å². The quantitative estimate of drug-likeness (QED) is 0.639. The number of hydrogen-bond donors (Lipinski definition) is 2. The lowest BCUT2D eigenvalue weighted by Crippen LogP contribution is -2.48. The zero-order valence-electron chi connectivity index (χ0n) is 12.2. The fourth-order valence-electron chi connectivity index (χ4n) is 2.69. The molecular formula is C13H20N2O6. The normalized spacial score (nSPS) is 17.4. The van der Waals surface area contributed by atoms with E-state index >= 15 is 0 Å². The Kier molecular flexibility index (Phi) is 5.28. The minimum atomic E-state index is -1.13. The molecule has 0 aliphatic carbocycles. The van der Waals surface area contributed by atoms with Gasteiger partial charge in [-0.3, -0.25) is 19.3 Å². The van der Waals surface area contributed by atoms with Gasteiger partial charge < -0.3 is 15.1 Å². The van der Waals surface area contributed by atoms with Crippen LogP contribution in [0.25, 0.3) is 0 Å². The average Bonchev–Trinajstić information content (AvgIpc) is 2.54. The number of urea groups is 1. The summed E-state index contributed by atoms with van der Waals surface area (Å²) in [5.74, 6) is -2.34. The average molecular weight is 300 g/mol. The molecule has 8 nitrogen and oxygen atoms in total. The van der Waals surface area contributed by atoms with Crippen molar-refractivity contribution in [3.63, 3.8) is 0 Å². The predicted octanol–water partition coefficient (Wildman–Crippen LogP) is 0.759. The van der Waals surface area contributed by atoms with E-state index in [-0.39, 0.29) is 38.5 Å². The molecule has 8 heteroatoms. The third kappa shape index (κ3) is 3.50. The molecule has 0 bridgehead atoms. The van der Waals surface area contributed by atoms with Crippen molar-refractivity contribution in [2.75, 3.05) is 14.1 Å². The Labute approximate surface area is 122 Å². The van der Waals surface area contributed by atoms with Crippen molar-refractivity contribution in [1.29, 1.82) is 0 Å². The van der Waals surface area contributed by atoms with E-state index in [1.807, 2.05) is 0 Å². The molecule has 2 N–H and O–H groups in total. The molecular weight excluding hydrogens is 280 g/mol. The third-order valence-corrected chi connectivity index (χ3v) is 3.88. The van der Waals surface area contributed by atoms with Gasteiger partial charge in [-0.1, -0.05) is 0 Å². The van der Waals surface area contributed by atoms with Crippen LogP contribution in [-0.4, -0.2) is 63.5 Å². The SMILES string of the molecule is CN1C(=O)N(C)C(CCCC(=O)O)(CCCC(=O)O)C1=O. The first-order valence-corrected chi connectivity index (χ1v) is 6.72. The smallest absolute Gasteiger partial charge is 0.327 e. The van der Waals surface area contributed by atoms with Gasteiger partial charge in [0, 0.05) is 26.9 Å². The van der Waals surface area contributed by atoms with Crippen molar-refractivity contribution in [1.82, 2.24) is 9.80 Å². The van der Waals surface area contributed by atoms with Crippen LogP contribution in [-0.2, 0) is 14.4 Å². The number of nitrogens with zero attached hydrogens (tertiary/aromatic N) is 2. The fraction of sp³-hybridized carbons (Fsp3) is 0.692. The number of carbonyl (C=O) groups excluding carboxylic acids is 2. The molecule has 0 atom stereocenters. The van der Waals surface area contributed by atoms with Crippen molar-refractivity contribution in [3.05, 3.63) is 0 Å². The van der Waals surface area contributed by atoms with Crippen molar-refractivity contribution in [3.8, 4) is 0 Å². The first kappa shape index (κ1) is 16.9. The Morgan fingerprint density at radius 3 is 1.71 bits per heavy atom. The van der Waals surface area contributed by atoms with Crippen LogP contribution in [0.2, 0.25) is 0 Å². The molecule has 1 fully saturated rings. The molecule has 0 spiro atoms. The van der Waals surface area contributed by atoms with E-state index in [1.165, 1.54) is 19.0 Å². The number of hydrogen-bond acceptors (Lipinski definition) is 4. The maximum Gasteiger partial charge on any atom is 0.327 e. The molecule has 21 heavy (non-hydrogen) atoms. The summed E-state index contributed by atoms with van der Waals surface area (Å²) in [4.78, 5) is 47.8. The summed E-state index contributed by atoms with van der Waals surface area (Å²) < 4.78 is 0. The molecule has 1 aliphatic heterocycles. The molecule has 0 saturated carbocycles. The molecule has 1 aliphatic rings. The number of rotatable bonds is 8. The van der Waals surface area contributed by atoms with Crippen LogP contribution in [0.1, 0.15) is 38.5 Å². The van der Waals surface area contributed by atoms with Gasteiger partial charge in [0.15, 0.2) is 0 Å². The van der Waals surface area contributed by atoms with E-state index in [9.17, 15) is 19.2 Å². The van der Waals surface area contributed by atoms with E-state index in [2.05, 4.69) is 0 Å². The largest absolute Gasteiger partial charge is 0.481 e. The molecule has 118 valence electrons. The summed E-state index contributed by atoms with van der Waals surface area (Å²) in [6.45, 7) is 0. The summed E-state index contributed by atoms with van der Waals surface area (Å²) in [7, 11) is 2.86. The van der Waals surface area contributed by atoms with Crippen molar-refractivity contribution in [2.45, 2.75) is 44.1 Å². The molecule has 1 heterocycles. The van der Waals surface area contributed by atoms with Gasteiger partial charge in [-0.2, -0.15) is 0 Å². The molecule has 1 rings (SSSR count). The second-order valence-electron chi connectivity index (χ2n) is 5.23. The molecule has 0 radical (unpaired) electrons. The predicted molar refractivity (Wildman–Crippen MR) is 71.6 cm³/mol. The molecule has 0 unspecified atom stereocenters. The number of amides is 3. The number of carboxylic acids is 2. The molecule has 0 aromatic rings. The number of likely N-dealkylation sites (N-methyl/N-ethyl adjacent to an activating group) is 2. The molecule has 0 aromatic carbocycles. The highest BCUT2D eigenvalue weighted by Crippen LogP contribution is 2.35. The van der Waals surface area contributed by atoms with Crippen LogP contribution < -0.4 is 0 Å². The first-order chi connectivity index (χ1) is 9.72.